The van der Waals surface area contributed by atoms with E-state index in [4.69, 9.17) is 16.3 Å². The van der Waals surface area contributed by atoms with Crippen LogP contribution < -0.4 is 15.4 Å². The van der Waals surface area contributed by atoms with Crippen LogP contribution >= 0.6 is 34.7 Å². The van der Waals surface area contributed by atoms with Gasteiger partial charge in [-0.3, -0.25) is 14.9 Å². The Morgan fingerprint density at radius 2 is 2.10 bits per heavy atom. The molecule has 9 nitrogen and oxygen atoms in total. The number of para-hydroxylation sites is 2. The maximum absolute atomic E-state index is 12.2. The van der Waals surface area contributed by atoms with Crippen LogP contribution in [-0.4, -0.2) is 33.4 Å². The SMILES string of the molecule is CCOc1ccccc1Nc1nnc(SCC(=O)Nc2ccc(Cl)c([N+](=O)[O-])c2)s1. The Labute approximate surface area is 185 Å². The Hall–Kier alpha value is -2.89. The lowest BCUT2D eigenvalue weighted by atomic mass is 10.3. The van der Waals surface area contributed by atoms with Gasteiger partial charge >= 0.3 is 0 Å². The van der Waals surface area contributed by atoms with Crippen LogP contribution in [0.3, 0.4) is 0 Å². The molecule has 1 amide bonds. The fraction of sp³-hybridized carbons (Fsp3) is 0.167. The summed E-state index contributed by atoms with van der Waals surface area (Å²) in [6, 6.07) is 11.6. The number of nitrogens with zero attached hydrogens (tertiary/aromatic N) is 3. The molecule has 0 saturated carbocycles. The second kappa shape index (κ2) is 10.2. The molecule has 0 aliphatic rings. The zero-order chi connectivity index (χ0) is 21.5. The van der Waals surface area contributed by atoms with Crippen LogP contribution in [0.4, 0.5) is 22.2 Å². The minimum Gasteiger partial charge on any atom is -0.492 e. The zero-order valence-electron chi connectivity index (χ0n) is 15.6. The van der Waals surface area contributed by atoms with Gasteiger partial charge in [0.1, 0.15) is 10.8 Å². The molecule has 2 aromatic carbocycles. The van der Waals surface area contributed by atoms with Gasteiger partial charge in [-0.05, 0) is 31.2 Å². The first-order valence-corrected chi connectivity index (χ1v) is 10.8. The highest BCUT2D eigenvalue weighted by atomic mass is 35.5. The fourth-order valence-electron chi connectivity index (χ4n) is 2.34. The number of nitrogens with one attached hydrogen (secondary N) is 2. The fourth-order valence-corrected chi connectivity index (χ4v) is 4.09. The molecule has 0 fully saturated rings. The van der Waals surface area contributed by atoms with Crippen molar-refractivity contribution >= 4 is 62.8 Å². The zero-order valence-corrected chi connectivity index (χ0v) is 18.0. The van der Waals surface area contributed by atoms with Crippen molar-refractivity contribution in [3.05, 3.63) is 57.6 Å². The van der Waals surface area contributed by atoms with Gasteiger partial charge in [-0.1, -0.05) is 46.8 Å². The Kier molecular flexibility index (Phi) is 7.44. The summed E-state index contributed by atoms with van der Waals surface area (Å²) in [5.41, 5.74) is 0.798. The van der Waals surface area contributed by atoms with Crippen LogP contribution in [0.25, 0.3) is 0 Å². The molecule has 12 heteroatoms. The third kappa shape index (κ3) is 5.81. The molecular formula is C18H16ClN5O4S2. The third-order valence-corrected chi connectivity index (χ3v) is 5.88. The maximum Gasteiger partial charge on any atom is 0.289 e. The van der Waals surface area contributed by atoms with Gasteiger partial charge in [0, 0.05) is 11.8 Å². The number of carbonyl (C=O) groups excluding carboxylic acids is 1. The number of halogens is 1. The lowest BCUT2D eigenvalue weighted by Gasteiger charge is -2.09. The molecule has 0 aliphatic carbocycles. The van der Waals surface area contributed by atoms with E-state index in [1.54, 1.807) is 0 Å². The second-order valence-electron chi connectivity index (χ2n) is 5.69. The summed E-state index contributed by atoms with van der Waals surface area (Å²) >= 11 is 8.28. The average molecular weight is 466 g/mol. The van der Waals surface area contributed by atoms with Gasteiger partial charge < -0.3 is 15.4 Å². The molecule has 0 saturated heterocycles. The van der Waals surface area contributed by atoms with Crippen LogP contribution in [-0.2, 0) is 4.79 Å². The lowest BCUT2D eigenvalue weighted by molar-refractivity contribution is -0.384. The Morgan fingerprint density at radius 1 is 1.30 bits per heavy atom. The summed E-state index contributed by atoms with van der Waals surface area (Å²) in [6.07, 6.45) is 0. The van der Waals surface area contributed by atoms with Crippen molar-refractivity contribution in [1.29, 1.82) is 0 Å². The van der Waals surface area contributed by atoms with Crippen LogP contribution in [0.2, 0.25) is 5.02 Å². The highest BCUT2D eigenvalue weighted by Gasteiger charge is 2.15. The molecule has 0 spiro atoms. The molecule has 0 unspecified atom stereocenters. The Balaban J connectivity index is 1.56. The maximum atomic E-state index is 12.2. The first kappa shape index (κ1) is 21.8. The predicted molar refractivity (Wildman–Crippen MR) is 118 cm³/mol. The molecule has 30 heavy (non-hydrogen) atoms. The Bertz CT molecular complexity index is 1060. The van der Waals surface area contributed by atoms with Crippen LogP contribution in [0, 0.1) is 10.1 Å². The van der Waals surface area contributed by atoms with Crippen molar-refractivity contribution in [2.75, 3.05) is 23.0 Å². The van der Waals surface area contributed by atoms with E-state index in [1.165, 1.54) is 41.3 Å². The van der Waals surface area contributed by atoms with Gasteiger partial charge in [0.2, 0.25) is 11.0 Å². The molecule has 0 bridgehead atoms. The van der Waals surface area contributed by atoms with Crippen molar-refractivity contribution in [3.8, 4) is 5.75 Å². The van der Waals surface area contributed by atoms with E-state index < -0.39 is 4.92 Å². The average Bonchev–Trinajstić information content (AvgIpc) is 3.17. The topological polar surface area (TPSA) is 119 Å². The summed E-state index contributed by atoms with van der Waals surface area (Å²) in [4.78, 5) is 22.5. The predicted octanol–water partition coefficient (Wildman–Crippen LogP) is 4.97. The summed E-state index contributed by atoms with van der Waals surface area (Å²) in [5, 5.41) is 25.4. The third-order valence-electron chi connectivity index (χ3n) is 3.59. The normalized spacial score (nSPS) is 10.5. The number of aromatic nitrogens is 2. The van der Waals surface area contributed by atoms with Gasteiger partial charge in [-0.25, -0.2) is 0 Å². The molecule has 1 aromatic heterocycles. The van der Waals surface area contributed by atoms with E-state index in [0.29, 0.717) is 27.5 Å². The van der Waals surface area contributed by atoms with Crippen molar-refractivity contribution < 1.29 is 14.5 Å². The highest BCUT2D eigenvalue weighted by Crippen LogP contribution is 2.32. The first-order chi connectivity index (χ1) is 14.5. The molecule has 156 valence electrons. The number of rotatable bonds is 9. The number of amides is 1. The summed E-state index contributed by atoms with van der Waals surface area (Å²) in [6.45, 7) is 2.45. The van der Waals surface area contributed by atoms with Gasteiger partial charge in [-0.15, -0.1) is 10.2 Å². The second-order valence-corrected chi connectivity index (χ2v) is 8.29. The van der Waals surface area contributed by atoms with Crippen molar-refractivity contribution in [1.82, 2.24) is 10.2 Å². The largest absolute Gasteiger partial charge is 0.492 e. The standard InChI is InChI=1S/C18H16ClN5O4S2/c1-2-28-15-6-4-3-5-13(15)21-17-22-23-18(30-17)29-10-16(25)20-11-7-8-12(19)14(9-11)24(26)27/h3-9H,2,10H2,1H3,(H,20,25)(H,21,22). The number of hydrogen-bond acceptors (Lipinski definition) is 9. The van der Waals surface area contributed by atoms with Gasteiger partial charge in [0.05, 0.1) is 23.0 Å². The van der Waals surface area contributed by atoms with Gasteiger partial charge in [0.25, 0.3) is 5.69 Å². The Morgan fingerprint density at radius 3 is 2.87 bits per heavy atom. The summed E-state index contributed by atoms with van der Waals surface area (Å²) in [5.74, 6) is 0.449. The summed E-state index contributed by atoms with van der Waals surface area (Å²) < 4.78 is 6.17. The number of carbonyl (C=O) groups is 1. The van der Waals surface area contributed by atoms with Crippen LogP contribution in [0.15, 0.2) is 46.8 Å². The molecular weight excluding hydrogens is 450 g/mol. The first-order valence-electron chi connectivity index (χ1n) is 8.65. The highest BCUT2D eigenvalue weighted by molar-refractivity contribution is 8.01. The van der Waals surface area contributed by atoms with E-state index in [-0.39, 0.29) is 22.4 Å². The molecule has 0 atom stereocenters. The molecule has 2 N–H and O–H groups in total. The smallest absolute Gasteiger partial charge is 0.289 e. The minimum atomic E-state index is -0.605. The molecule has 3 rings (SSSR count). The number of ether oxygens (including phenoxy) is 1. The van der Waals surface area contributed by atoms with E-state index in [2.05, 4.69) is 20.8 Å². The number of nitro benzene ring substituents is 1. The van der Waals surface area contributed by atoms with Crippen molar-refractivity contribution in [2.45, 2.75) is 11.3 Å². The van der Waals surface area contributed by atoms with Gasteiger partial charge in [-0.2, -0.15) is 0 Å². The number of benzene rings is 2. The van der Waals surface area contributed by atoms with Crippen molar-refractivity contribution in [3.63, 3.8) is 0 Å². The molecule has 1 heterocycles. The molecule has 0 aliphatic heterocycles. The van der Waals surface area contributed by atoms with E-state index in [0.717, 1.165) is 5.69 Å². The number of nitro groups is 1. The number of hydrogen-bond donors (Lipinski definition) is 2. The quantitative estimate of drug-likeness (QED) is 0.258. The van der Waals surface area contributed by atoms with Gasteiger partial charge in [0.15, 0.2) is 4.34 Å². The van der Waals surface area contributed by atoms with Crippen LogP contribution in [0.5, 0.6) is 5.75 Å². The number of anilines is 3. The van der Waals surface area contributed by atoms with E-state index in [1.807, 2.05) is 31.2 Å². The van der Waals surface area contributed by atoms with E-state index >= 15 is 0 Å². The minimum absolute atomic E-state index is 0.00664. The lowest BCUT2D eigenvalue weighted by Crippen LogP contribution is -2.14. The molecule has 0 radical (unpaired) electrons. The van der Waals surface area contributed by atoms with Crippen molar-refractivity contribution in [2.24, 2.45) is 0 Å². The summed E-state index contributed by atoms with van der Waals surface area (Å²) in [7, 11) is 0. The molecule has 3 aromatic rings. The van der Waals surface area contributed by atoms with E-state index in [9.17, 15) is 14.9 Å². The monoisotopic (exact) mass is 465 g/mol. The number of thioether (sulfide) groups is 1. The van der Waals surface area contributed by atoms with Crippen LogP contribution in [0.1, 0.15) is 6.92 Å².